The summed E-state index contributed by atoms with van der Waals surface area (Å²) in [5.41, 5.74) is -1.22. The Hall–Kier alpha value is -1.86. The molecule has 88 valence electrons. The number of carbonyl (C=O) groups is 1. The largest absolute Gasteiger partial charge is 0.574 e. The number of aldehydes is 1. The number of pyridine rings is 1. The number of carbonyl (C=O) groups excluding carboxylic acids is 1. The third-order valence-corrected chi connectivity index (χ3v) is 1.54. The van der Waals surface area contributed by atoms with E-state index in [-0.39, 0.29) is 6.29 Å². The second-order valence-corrected chi connectivity index (χ2v) is 2.64. The van der Waals surface area contributed by atoms with Crippen molar-refractivity contribution in [3.05, 3.63) is 17.3 Å². The van der Waals surface area contributed by atoms with Gasteiger partial charge in [-0.1, -0.05) is 0 Å². The molecule has 0 amide bonds. The van der Waals surface area contributed by atoms with Gasteiger partial charge in [0, 0.05) is 6.07 Å². The molecule has 1 rings (SSSR count). The SMILES string of the molecule is O=Cc1cc(OC(F)(F)F)nc(CF)c1O. The standard InChI is InChI=1S/C8H5F4NO3/c9-2-5-7(15)4(3-14)1-6(13-5)16-8(10,11)12/h1,3,15H,2H2. The second-order valence-electron chi connectivity index (χ2n) is 2.64. The minimum Gasteiger partial charge on any atom is -0.505 e. The summed E-state index contributed by atoms with van der Waals surface area (Å²) < 4.78 is 51.1. The van der Waals surface area contributed by atoms with E-state index in [0.29, 0.717) is 6.07 Å². The molecule has 1 aromatic heterocycles. The van der Waals surface area contributed by atoms with Gasteiger partial charge in [0.2, 0.25) is 5.88 Å². The molecule has 1 N–H and O–H groups in total. The summed E-state index contributed by atoms with van der Waals surface area (Å²) >= 11 is 0. The maximum Gasteiger partial charge on any atom is 0.574 e. The van der Waals surface area contributed by atoms with E-state index >= 15 is 0 Å². The minimum atomic E-state index is -5.00. The van der Waals surface area contributed by atoms with Crippen LogP contribution in [-0.2, 0) is 6.67 Å². The minimum absolute atomic E-state index is 0.0689. The van der Waals surface area contributed by atoms with Gasteiger partial charge < -0.3 is 9.84 Å². The molecule has 0 aliphatic rings. The van der Waals surface area contributed by atoms with E-state index in [9.17, 15) is 22.4 Å². The first-order valence-electron chi connectivity index (χ1n) is 3.87. The van der Waals surface area contributed by atoms with E-state index in [0.717, 1.165) is 0 Å². The van der Waals surface area contributed by atoms with Crippen molar-refractivity contribution in [1.29, 1.82) is 0 Å². The van der Waals surface area contributed by atoms with Gasteiger partial charge in [0.05, 0.1) is 5.56 Å². The van der Waals surface area contributed by atoms with Crippen molar-refractivity contribution in [3.63, 3.8) is 0 Å². The van der Waals surface area contributed by atoms with Gasteiger partial charge >= 0.3 is 6.36 Å². The van der Waals surface area contributed by atoms with Crippen molar-refractivity contribution in [2.45, 2.75) is 13.0 Å². The normalized spacial score (nSPS) is 11.2. The van der Waals surface area contributed by atoms with Crippen LogP contribution in [0.1, 0.15) is 16.1 Å². The first-order valence-corrected chi connectivity index (χ1v) is 3.87. The Morgan fingerprint density at radius 3 is 2.56 bits per heavy atom. The lowest BCUT2D eigenvalue weighted by atomic mass is 10.2. The third-order valence-electron chi connectivity index (χ3n) is 1.54. The number of hydrogen-bond donors (Lipinski definition) is 1. The Bertz CT molecular complexity index is 405. The number of hydrogen-bond acceptors (Lipinski definition) is 4. The van der Waals surface area contributed by atoms with Gasteiger partial charge in [-0.15, -0.1) is 13.2 Å². The van der Waals surface area contributed by atoms with E-state index in [4.69, 9.17) is 5.11 Å². The zero-order valence-electron chi connectivity index (χ0n) is 7.58. The highest BCUT2D eigenvalue weighted by Gasteiger charge is 2.32. The van der Waals surface area contributed by atoms with E-state index in [1.807, 2.05) is 0 Å². The van der Waals surface area contributed by atoms with Gasteiger partial charge in [0.15, 0.2) is 12.0 Å². The van der Waals surface area contributed by atoms with E-state index < -0.39 is 35.9 Å². The lowest BCUT2D eigenvalue weighted by Crippen LogP contribution is -2.18. The summed E-state index contributed by atoms with van der Waals surface area (Å²) in [7, 11) is 0. The fourth-order valence-corrected chi connectivity index (χ4v) is 0.940. The average Bonchev–Trinajstić information content (AvgIpc) is 2.18. The van der Waals surface area contributed by atoms with Gasteiger partial charge in [-0.05, 0) is 0 Å². The Balaban J connectivity index is 3.17. The van der Waals surface area contributed by atoms with Crippen LogP contribution in [-0.4, -0.2) is 22.7 Å². The van der Waals surface area contributed by atoms with Crippen LogP contribution in [0.4, 0.5) is 17.6 Å². The molecule has 1 heterocycles. The first kappa shape index (κ1) is 12.2. The second kappa shape index (κ2) is 4.33. The van der Waals surface area contributed by atoms with Gasteiger partial charge in [0.25, 0.3) is 0 Å². The highest BCUT2D eigenvalue weighted by atomic mass is 19.4. The van der Waals surface area contributed by atoms with Crippen molar-refractivity contribution in [3.8, 4) is 11.6 Å². The summed E-state index contributed by atoms with van der Waals surface area (Å²) in [6.45, 7) is -1.32. The first-order chi connectivity index (χ1) is 7.37. The fourth-order valence-electron chi connectivity index (χ4n) is 0.940. The Morgan fingerprint density at radius 1 is 1.50 bits per heavy atom. The molecule has 8 heteroatoms. The number of aromatic hydroxyl groups is 1. The lowest BCUT2D eigenvalue weighted by molar-refractivity contribution is -0.276. The molecule has 0 aromatic carbocycles. The van der Waals surface area contributed by atoms with Crippen LogP contribution in [0.5, 0.6) is 11.6 Å². The number of alkyl halides is 4. The molecule has 4 nitrogen and oxygen atoms in total. The van der Waals surface area contributed by atoms with Crippen LogP contribution >= 0.6 is 0 Å². The zero-order chi connectivity index (χ0) is 12.3. The van der Waals surface area contributed by atoms with E-state index in [1.54, 1.807) is 0 Å². The van der Waals surface area contributed by atoms with Crippen molar-refractivity contribution in [2.75, 3.05) is 0 Å². The maximum atomic E-state index is 12.2. The van der Waals surface area contributed by atoms with E-state index in [1.165, 1.54) is 0 Å². The number of halogens is 4. The summed E-state index contributed by atoms with van der Waals surface area (Å²) in [6, 6.07) is 0.564. The average molecular weight is 239 g/mol. The highest BCUT2D eigenvalue weighted by Crippen LogP contribution is 2.28. The molecule has 0 aliphatic carbocycles. The summed E-state index contributed by atoms with van der Waals surface area (Å²) in [5.74, 6) is -1.80. The number of nitrogens with zero attached hydrogens (tertiary/aromatic N) is 1. The summed E-state index contributed by atoms with van der Waals surface area (Å²) in [6.07, 6.45) is -4.93. The smallest absolute Gasteiger partial charge is 0.505 e. The molecule has 0 fully saturated rings. The van der Waals surface area contributed by atoms with Crippen LogP contribution in [0.2, 0.25) is 0 Å². The van der Waals surface area contributed by atoms with Crippen molar-refractivity contribution < 1.29 is 32.2 Å². The predicted molar refractivity (Wildman–Crippen MR) is 42.8 cm³/mol. The highest BCUT2D eigenvalue weighted by molar-refractivity contribution is 5.80. The van der Waals surface area contributed by atoms with E-state index in [2.05, 4.69) is 9.72 Å². The van der Waals surface area contributed by atoms with Gasteiger partial charge in [-0.2, -0.15) is 0 Å². The van der Waals surface area contributed by atoms with Crippen LogP contribution in [0.3, 0.4) is 0 Å². The Kier molecular flexibility index (Phi) is 3.31. The zero-order valence-corrected chi connectivity index (χ0v) is 7.58. The topological polar surface area (TPSA) is 59.4 Å². The van der Waals surface area contributed by atoms with Crippen LogP contribution in [0, 0.1) is 0 Å². The molecule has 0 spiro atoms. The molecule has 16 heavy (non-hydrogen) atoms. The molecule has 0 atom stereocenters. The van der Waals surface area contributed by atoms with Gasteiger partial charge in [-0.3, -0.25) is 4.79 Å². The predicted octanol–water partition coefficient (Wildman–Crippen LogP) is 1.97. The molecular weight excluding hydrogens is 234 g/mol. The molecule has 0 bridgehead atoms. The van der Waals surface area contributed by atoms with Crippen molar-refractivity contribution >= 4 is 6.29 Å². The summed E-state index contributed by atoms with van der Waals surface area (Å²) in [4.78, 5) is 13.4. The molecule has 0 radical (unpaired) electrons. The third kappa shape index (κ3) is 2.81. The molecule has 0 saturated carbocycles. The monoisotopic (exact) mass is 239 g/mol. The molecule has 0 unspecified atom stereocenters. The van der Waals surface area contributed by atoms with Crippen LogP contribution < -0.4 is 4.74 Å². The maximum absolute atomic E-state index is 12.2. The fraction of sp³-hybridized carbons (Fsp3) is 0.250. The molecule has 1 aromatic rings. The number of aromatic nitrogens is 1. The molecular formula is C8H5F4NO3. The molecule has 0 aliphatic heterocycles. The van der Waals surface area contributed by atoms with Crippen molar-refractivity contribution in [2.24, 2.45) is 0 Å². The summed E-state index contributed by atoms with van der Waals surface area (Å²) in [5, 5.41) is 9.14. The lowest BCUT2D eigenvalue weighted by Gasteiger charge is -2.10. The number of ether oxygens (including phenoxy) is 1. The quantitative estimate of drug-likeness (QED) is 0.647. The molecule has 0 saturated heterocycles. The van der Waals surface area contributed by atoms with Crippen LogP contribution in [0.15, 0.2) is 6.07 Å². The Morgan fingerprint density at radius 2 is 2.12 bits per heavy atom. The van der Waals surface area contributed by atoms with Crippen LogP contribution in [0.25, 0.3) is 0 Å². The Labute approximate surface area is 86.5 Å². The van der Waals surface area contributed by atoms with Gasteiger partial charge in [-0.25, -0.2) is 9.37 Å². The van der Waals surface area contributed by atoms with Gasteiger partial charge in [0.1, 0.15) is 12.4 Å². The van der Waals surface area contributed by atoms with Crippen molar-refractivity contribution in [1.82, 2.24) is 4.98 Å². The number of rotatable bonds is 3.